The van der Waals surface area contributed by atoms with Gasteiger partial charge in [-0.3, -0.25) is 9.69 Å². The summed E-state index contributed by atoms with van der Waals surface area (Å²) >= 11 is 0. The summed E-state index contributed by atoms with van der Waals surface area (Å²) in [5, 5.41) is 12.8. The van der Waals surface area contributed by atoms with Crippen molar-refractivity contribution in [2.24, 2.45) is 0 Å². The Labute approximate surface area is 131 Å². The molecule has 1 aromatic rings. The second-order valence-electron chi connectivity index (χ2n) is 6.16. The standard InChI is InChI=1S/C17H24N2O3/c1-2-22-16-6-4-3-5-15(16)18-17(21)11-19-12-7-8-13(19)10-14(20)9-12/h3-6,12-14,20H,2,7-11H2,1H3,(H,18,21). The summed E-state index contributed by atoms with van der Waals surface area (Å²) in [7, 11) is 0. The third kappa shape index (κ3) is 3.25. The molecule has 1 amide bonds. The molecule has 2 aliphatic rings. The van der Waals surface area contributed by atoms with Crippen LogP contribution in [-0.4, -0.2) is 47.3 Å². The van der Waals surface area contributed by atoms with Gasteiger partial charge in [-0.2, -0.15) is 0 Å². The number of fused-ring (bicyclic) bond motifs is 2. The number of amides is 1. The van der Waals surface area contributed by atoms with Gasteiger partial charge in [0.2, 0.25) is 5.91 Å². The number of anilines is 1. The number of rotatable bonds is 5. The van der Waals surface area contributed by atoms with Crippen LogP contribution in [0.2, 0.25) is 0 Å². The molecule has 2 aliphatic heterocycles. The largest absolute Gasteiger partial charge is 0.492 e. The first-order chi connectivity index (χ1) is 10.7. The van der Waals surface area contributed by atoms with Gasteiger partial charge in [-0.05, 0) is 44.7 Å². The zero-order valence-corrected chi connectivity index (χ0v) is 13.0. The predicted octanol–water partition coefficient (Wildman–Crippen LogP) is 2.01. The maximum atomic E-state index is 12.4. The number of nitrogens with one attached hydrogen (secondary N) is 1. The molecule has 0 saturated carbocycles. The molecule has 2 atom stereocenters. The number of aliphatic hydroxyl groups excluding tert-OH is 1. The lowest BCUT2D eigenvalue weighted by molar-refractivity contribution is -0.119. The van der Waals surface area contributed by atoms with E-state index in [2.05, 4.69) is 10.2 Å². The number of hydrogen-bond acceptors (Lipinski definition) is 4. The Balaban J connectivity index is 1.62. The summed E-state index contributed by atoms with van der Waals surface area (Å²) in [6.07, 6.45) is 3.56. The minimum Gasteiger partial charge on any atom is -0.492 e. The lowest BCUT2D eigenvalue weighted by Crippen LogP contribution is -2.47. The monoisotopic (exact) mass is 304 g/mol. The van der Waals surface area contributed by atoms with Crippen molar-refractivity contribution in [1.82, 2.24) is 4.90 Å². The maximum Gasteiger partial charge on any atom is 0.238 e. The van der Waals surface area contributed by atoms with Gasteiger partial charge in [0.15, 0.2) is 0 Å². The molecule has 0 spiro atoms. The SMILES string of the molecule is CCOc1ccccc1NC(=O)CN1C2CCC1CC(O)C2. The molecule has 1 aromatic carbocycles. The molecule has 120 valence electrons. The molecular formula is C17H24N2O3. The van der Waals surface area contributed by atoms with Gasteiger partial charge >= 0.3 is 0 Å². The molecule has 0 aliphatic carbocycles. The van der Waals surface area contributed by atoms with Gasteiger partial charge < -0.3 is 15.2 Å². The highest BCUT2D eigenvalue weighted by molar-refractivity contribution is 5.93. The van der Waals surface area contributed by atoms with Gasteiger partial charge in [0.05, 0.1) is 24.9 Å². The van der Waals surface area contributed by atoms with Crippen molar-refractivity contribution in [3.8, 4) is 5.75 Å². The summed E-state index contributed by atoms with van der Waals surface area (Å²) in [6, 6.07) is 8.20. The highest BCUT2D eigenvalue weighted by atomic mass is 16.5. The van der Waals surface area contributed by atoms with Gasteiger partial charge in [0.1, 0.15) is 5.75 Å². The fraction of sp³-hybridized carbons (Fsp3) is 0.588. The number of hydrogen-bond donors (Lipinski definition) is 2. The van der Waals surface area contributed by atoms with E-state index in [1.54, 1.807) is 0 Å². The van der Waals surface area contributed by atoms with Crippen LogP contribution in [0.1, 0.15) is 32.6 Å². The van der Waals surface area contributed by atoms with Gasteiger partial charge in [-0.1, -0.05) is 12.1 Å². The van der Waals surface area contributed by atoms with Crippen molar-refractivity contribution in [1.29, 1.82) is 0 Å². The predicted molar refractivity (Wildman–Crippen MR) is 85.0 cm³/mol. The van der Waals surface area contributed by atoms with Gasteiger partial charge in [-0.15, -0.1) is 0 Å². The van der Waals surface area contributed by atoms with Crippen LogP contribution in [0.5, 0.6) is 5.75 Å². The topological polar surface area (TPSA) is 61.8 Å². The summed E-state index contributed by atoms with van der Waals surface area (Å²) in [6.45, 7) is 2.89. The zero-order chi connectivity index (χ0) is 15.5. The van der Waals surface area contributed by atoms with Crippen LogP contribution in [0.25, 0.3) is 0 Å². The van der Waals surface area contributed by atoms with Crippen LogP contribution < -0.4 is 10.1 Å². The van der Waals surface area contributed by atoms with Crippen molar-refractivity contribution in [2.75, 3.05) is 18.5 Å². The second-order valence-corrected chi connectivity index (χ2v) is 6.16. The Morgan fingerprint density at radius 3 is 2.68 bits per heavy atom. The Morgan fingerprint density at radius 1 is 1.32 bits per heavy atom. The summed E-state index contributed by atoms with van der Waals surface area (Å²) in [5.41, 5.74) is 0.721. The number of benzene rings is 1. The average Bonchev–Trinajstić information content (AvgIpc) is 2.72. The molecule has 2 fully saturated rings. The molecular weight excluding hydrogens is 280 g/mol. The van der Waals surface area contributed by atoms with Crippen LogP contribution in [0, 0.1) is 0 Å². The van der Waals surface area contributed by atoms with Gasteiger partial charge in [0, 0.05) is 12.1 Å². The minimum atomic E-state index is -0.199. The highest BCUT2D eigenvalue weighted by Gasteiger charge is 2.40. The summed E-state index contributed by atoms with van der Waals surface area (Å²) < 4.78 is 5.54. The zero-order valence-electron chi connectivity index (χ0n) is 13.0. The first-order valence-electron chi connectivity index (χ1n) is 8.13. The molecule has 5 nitrogen and oxygen atoms in total. The fourth-order valence-corrected chi connectivity index (χ4v) is 3.71. The molecule has 22 heavy (non-hydrogen) atoms. The molecule has 2 saturated heterocycles. The molecule has 2 unspecified atom stereocenters. The fourth-order valence-electron chi connectivity index (χ4n) is 3.71. The number of aliphatic hydroxyl groups is 1. The van der Waals surface area contributed by atoms with Gasteiger partial charge in [-0.25, -0.2) is 0 Å². The number of carbonyl (C=O) groups excluding carboxylic acids is 1. The van der Waals surface area contributed by atoms with E-state index < -0.39 is 0 Å². The smallest absolute Gasteiger partial charge is 0.238 e. The normalized spacial score (nSPS) is 27.6. The maximum absolute atomic E-state index is 12.4. The quantitative estimate of drug-likeness (QED) is 0.873. The first kappa shape index (κ1) is 15.3. The van der Waals surface area contributed by atoms with Crippen LogP contribution in [0.3, 0.4) is 0 Å². The third-order valence-corrected chi connectivity index (χ3v) is 4.65. The van der Waals surface area contributed by atoms with Crippen LogP contribution >= 0.6 is 0 Å². The lowest BCUT2D eigenvalue weighted by atomic mass is 10.00. The van der Waals surface area contributed by atoms with Crippen LogP contribution in [0.4, 0.5) is 5.69 Å². The van der Waals surface area contributed by atoms with Crippen molar-refractivity contribution < 1.29 is 14.6 Å². The van der Waals surface area contributed by atoms with E-state index in [0.717, 1.165) is 31.4 Å². The molecule has 2 bridgehead atoms. The van der Waals surface area contributed by atoms with Crippen molar-refractivity contribution in [3.63, 3.8) is 0 Å². The Morgan fingerprint density at radius 2 is 2.00 bits per heavy atom. The van der Waals surface area contributed by atoms with E-state index in [4.69, 9.17) is 4.74 Å². The molecule has 2 N–H and O–H groups in total. The number of carbonyl (C=O) groups is 1. The van der Waals surface area contributed by atoms with E-state index in [1.807, 2.05) is 31.2 Å². The Kier molecular flexibility index (Phi) is 4.64. The van der Waals surface area contributed by atoms with E-state index in [9.17, 15) is 9.90 Å². The summed E-state index contributed by atoms with van der Waals surface area (Å²) in [4.78, 5) is 14.6. The third-order valence-electron chi connectivity index (χ3n) is 4.65. The molecule has 0 aromatic heterocycles. The number of piperidine rings is 1. The average molecular weight is 304 g/mol. The molecule has 5 heteroatoms. The second kappa shape index (κ2) is 6.67. The highest BCUT2D eigenvalue weighted by Crippen LogP contribution is 2.35. The van der Waals surface area contributed by atoms with E-state index in [-0.39, 0.29) is 12.0 Å². The lowest BCUT2D eigenvalue weighted by Gasteiger charge is -2.36. The molecule has 2 heterocycles. The molecule has 0 radical (unpaired) electrons. The van der Waals surface area contributed by atoms with Gasteiger partial charge in [0.25, 0.3) is 0 Å². The minimum absolute atomic E-state index is 0.0135. The van der Waals surface area contributed by atoms with E-state index >= 15 is 0 Å². The first-order valence-corrected chi connectivity index (χ1v) is 8.13. The van der Waals surface area contributed by atoms with E-state index in [0.29, 0.717) is 31.0 Å². The number of ether oxygens (including phenoxy) is 1. The Bertz CT molecular complexity index is 520. The van der Waals surface area contributed by atoms with Crippen LogP contribution in [-0.2, 0) is 4.79 Å². The van der Waals surface area contributed by atoms with E-state index in [1.165, 1.54) is 0 Å². The van der Waals surface area contributed by atoms with Crippen molar-refractivity contribution in [2.45, 2.75) is 50.8 Å². The number of para-hydroxylation sites is 2. The molecule has 3 rings (SSSR count). The summed E-state index contributed by atoms with van der Waals surface area (Å²) in [5.74, 6) is 0.691. The Hall–Kier alpha value is -1.59. The van der Waals surface area contributed by atoms with Crippen LogP contribution in [0.15, 0.2) is 24.3 Å². The van der Waals surface area contributed by atoms with Crippen molar-refractivity contribution >= 4 is 11.6 Å². The van der Waals surface area contributed by atoms with Crippen molar-refractivity contribution in [3.05, 3.63) is 24.3 Å². The number of nitrogens with zero attached hydrogens (tertiary/aromatic N) is 1.